The molecule has 13 nitrogen and oxygen atoms in total. The van der Waals surface area contributed by atoms with E-state index in [1.165, 1.54) is 29.2 Å². The fourth-order valence-corrected chi connectivity index (χ4v) is 5.20. The third-order valence-corrected chi connectivity index (χ3v) is 7.76. The van der Waals surface area contributed by atoms with Gasteiger partial charge in [-0.25, -0.2) is 9.78 Å². The molecular formula is C21H27N5O8S2. The number of oxime groups is 1. The number of nitrogens with two attached hydrogens (primary N) is 1. The number of amides is 2. The van der Waals surface area contributed by atoms with Crippen molar-refractivity contribution in [3.63, 3.8) is 0 Å². The van der Waals surface area contributed by atoms with Gasteiger partial charge in [0.25, 0.3) is 11.8 Å². The lowest BCUT2D eigenvalue weighted by atomic mass is 9.91. The smallest absolute Gasteiger partial charge is 0.358 e. The van der Waals surface area contributed by atoms with Crippen LogP contribution in [0, 0.1) is 5.41 Å². The van der Waals surface area contributed by atoms with E-state index in [-0.39, 0.29) is 23.1 Å². The van der Waals surface area contributed by atoms with E-state index in [0.717, 1.165) is 11.3 Å². The monoisotopic (exact) mass is 541 g/mol. The highest BCUT2D eigenvalue weighted by molar-refractivity contribution is 8.00. The summed E-state index contributed by atoms with van der Waals surface area (Å²) in [7, 11) is 1.45. The highest BCUT2D eigenvalue weighted by Crippen LogP contribution is 2.40. The second-order valence-electron chi connectivity index (χ2n) is 8.48. The SMILES string of the molecule is CCC(C)(C)C(=O)OCOC(=O)C1=C(COC)CS[C@@H]2C(NC(=O)/C(=N\O)c3csc(N)n3)C(=O)N12. The molecule has 36 heavy (non-hydrogen) atoms. The molecule has 0 spiro atoms. The first-order valence-electron chi connectivity index (χ1n) is 10.8. The quantitative estimate of drug-likeness (QED) is 0.0945. The number of thiazole rings is 1. The normalized spacial score (nSPS) is 19.9. The van der Waals surface area contributed by atoms with Crippen molar-refractivity contribution in [2.24, 2.45) is 10.6 Å². The Bertz CT molecular complexity index is 1120. The van der Waals surface area contributed by atoms with Gasteiger partial charge in [0, 0.05) is 18.2 Å². The molecule has 0 aromatic carbocycles. The maximum Gasteiger partial charge on any atom is 0.358 e. The highest BCUT2D eigenvalue weighted by Gasteiger charge is 2.54. The third-order valence-electron chi connectivity index (χ3n) is 5.74. The summed E-state index contributed by atoms with van der Waals surface area (Å²) in [6.07, 6.45) is 0.537. The van der Waals surface area contributed by atoms with E-state index in [2.05, 4.69) is 15.5 Å². The molecule has 4 N–H and O–H groups in total. The first-order chi connectivity index (χ1) is 17.0. The minimum absolute atomic E-state index is 0.0229. The Morgan fingerprint density at radius 1 is 1.36 bits per heavy atom. The second kappa shape index (κ2) is 11.3. The molecule has 0 bridgehead atoms. The number of hydrogen-bond donors (Lipinski definition) is 3. The van der Waals surface area contributed by atoms with Crippen LogP contribution in [0.25, 0.3) is 0 Å². The largest absolute Gasteiger partial charge is 0.427 e. The van der Waals surface area contributed by atoms with E-state index in [1.54, 1.807) is 13.8 Å². The Hall–Kier alpha value is -3.17. The van der Waals surface area contributed by atoms with Gasteiger partial charge in [0.1, 0.15) is 22.8 Å². The number of nitrogens with zero attached hydrogens (tertiary/aromatic N) is 3. The predicted molar refractivity (Wildman–Crippen MR) is 130 cm³/mol. The van der Waals surface area contributed by atoms with E-state index in [4.69, 9.17) is 19.9 Å². The molecule has 196 valence electrons. The molecule has 15 heteroatoms. The highest BCUT2D eigenvalue weighted by atomic mass is 32.2. The zero-order valence-electron chi connectivity index (χ0n) is 20.1. The number of rotatable bonds is 10. The fraction of sp³-hybridized carbons (Fsp3) is 0.524. The standard InChI is InChI=1S/C21H27N5O8S2/c1-5-21(2,3)19(30)34-9-33-18(29)14-10(6-32-4)7-35-17-13(16(28)26(14)17)24-15(27)12(25-31)11-8-36-20(22)23-11/h8,13,17,31H,5-7,9H2,1-4H3,(H2,22,23)(H,24,27)/b25-12-/t13?,17-/m1/s1. The number of ether oxygens (including phenoxy) is 3. The van der Waals surface area contributed by atoms with Gasteiger partial charge >= 0.3 is 11.9 Å². The number of carbonyl (C=O) groups is 4. The van der Waals surface area contributed by atoms with Gasteiger partial charge in [-0.2, -0.15) is 0 Å². The number of esters is 2. The van der Waals surface area contributed by atoms with Gasteiger partial charge in [0.05, 0.1) is 12.0 Å². The predicted octanol–water partition coefficient (Wildman–Crippen LogP) is 0.684. The first-order valence-corrected chi connectivity index (χ1v) is 12.7. The van der Waals surface area contributed by atoms with Crippen molar-refractivity contribution in [3.05, 3.63) is 22.3 Å². The number of nitrogens with one attached hydrogen (secondary N) is 1. The van der Waals surface area contributed by atoms with Crippen molar-refractivity contribution >= 4 is 57.7 Å². The molecule has 1 saturated heterocycles. The van der Waals surface area contributed by atoms with E-state index >= 15 is 0 Å². The van der Waals surface area contributed by atoms with Gasteiger partial charge in [0.15, 0.2) is 10.8 Å². The molecule has 2 aliphatic rings. The number of β-lactam (4-membered cyclic amide) rings is 1. The van der Waals surface area contributed by atoms with Gasteiger partial charge in [-0.15, -0.1) is 23.1 Å². The zero-order valence-corrected chi connectivity index (χ0v) is 21.7. The number of carbonyl (C=O) groups excluding carboxylic acids is 4. The number of fused-ring (bicyclic) bond motifs is 1. The lowest BCUT2D eigenvalue weighted by Crippen LogP contribution is -2.71. The van der Waals surface area contributed by atoms with Crippen LogP contribution in [-0.2, 0) is 33.4 Å². The lowest BCUT2D eigenvalue weighted by Gasteiger charge is -2.49. The Morgan fingerprint density at radius 3 is 2.67 bits per heavy atom. The van der Waals surface area contributed by atoms with Crippen LogP contribution >= 0.6 is 23.1 Å². The van der Waals surface area contributed by atoms with Gasteiger partial charge in [0.2, 0.25) is 6.79 Å². The lowest BCUT2D eigenvalue weighted by molar-refractivity contribution is -0.174. The molecule has 0 radical (unpaired) electrons. The molecule has 1 aromatic rings. The maximum atomic E-state index is 13.0. The number of methoxy groups -OCH3 is 1. The van der Waals surface area contributed by atoms with Gasteiger partial charge in [-0.3, -0.25) is 19.3 Å². The summed E-state index contributed by atoms with van der Waals surface area (Å²) in [6.45, 7) is 4.71. The topological polar surface area (TPSA) is 183 Å². The number of anilines is 1. The summed E-state index contributed by atoms with van der Waals surface area (Å²) < 4.78 is 15.4. The molecule has 1 aromatic heterocycles. The van der Waals surface area contributed by atoms with Gasteiger partial charge in [-0.05, 0) is 25.8 Å². The van der Waals surface area contributed by atoms with Crippen molar-refractivity contribution < 1.29 is 38.6 Å². The first kappa shape index (κ1) is 27.4. The Balaban J connectivity index is 1.70. The van der Waals surface area contributed by atoms with E-state index in [0.29, 0.717) is 17.7 Å². The molecule has 3 heterocycles. The summed E-state index contributed by atoms with van der Waals surface area (Å²) >= 11 is 2.37. The van der Waals surface area contributed by atoms with Crippen molar-refractivity contribution in [3.8, 4) is 0 Å². The molecule has 2 aliphatic heterocycles. The molecule has 2 amide bonds. The van der Waals surface area contributed by atoms with E-state index < -0.39 is 53.1 Å². The molecule has 3 rings (SSSR count). The summed E-state index contributed by atoms with van der Waals surface area (Å²) in [5, 5.41) is 15.8. The second-order valence-corrected chi connectivity index (χ2v) is 10.5. The summed E-state index contributed by atoms with van der Waals surface area (Å²) in [4.78, 5) is 55.8. The minimum atomic E-state index is -0.995. The fourth-order valence-electron chi connectivity index (χ4n) is 3.32. The van der Waals surface area contributed by atoms with Crippen molar-refractivity contribution in [1.29, 1.82) is 0 Å². The molecular weight excluding hydrogens is 514 g/mol. The minimum Gasteiger partial charge on any atom is -0.427 e. The Kier molecular flexibility index (Phi) is 8.58. The van der Waals surface area contributed by atoms with E-state index in [9.17, 15) is 24.4 Å². The molecule has 1 fully saturated rings. The van der Waals surface area contributed by atoms with E-state index in [1.807, 2.05) is 6.92 Å². The molecule has 1 unspecified atom stereocenters. The van der Waals surface area contributed by atoms with Crippen LogP contribution in [0.3, 0.4) is 0 Å². The zero-order chi connectivity index (χ0) is 26.6. The van der Waals surface area contributed by atoms with Crippen molar-refractivity contribution in [1.82, 2.24) is 15.2 Å². The summed E-state index contributed by atoms with van der Waals surface area (Å²) in [5.41, 5.74) is 4.98. The number of nitrogen functional groups attached to an aromatic ring is 1. The van der Waals surface area contributed by atoms with Crippen molar-refractivity contribution in [2.45, 2.75) is 38.6 Å². The average Bonchev–Trinajstić information content (AvgIpc) is 3.28. The van der Waals surface area contributed by atoms with Gasteiger partial charge < -0.3 is 30.5 Å². The number of thioether (sulfide) groups is 1. The van der Waals surface area contributed by atoms with Crippen molar-refractivity contribution in [2.75, 3.05) is 32.0 Å². The molecule has 2 atom stereocenters. The van der Waals surface area contributed by atoms with Crippen LogP contribution in [0.15, 0.2) is 21.8 Å². The number of aromatic nitrogens is 1. The average molecular weight is 542 g/mol. The van der Waals surface area contributed by atoms with Crippen LogP contribution in [-0.4, -0.2) is 82.2 Å². The molecule has 0 aliphatic carbocycles. The van der Waals surface area contributed by atoms with Crippen LogP contribution in [0.2, 0.25) is 0 Å². The van der Waals surface area contributed by atoms with Gasteiger partial charge in [-0.1, -0.05) is 12.1 Å². The Morgan fingerprint density at radius 2 is 2.08 bits per heavy atom. The Labute approximate surface area is 215 Å². The van der Waals surface area contributed by atoms with Crippen LogP contribution < -0.4 is 11.1 Å². The summed E-state index contributed by atoms with van der Waals surface area (Å²) in [5.74, 6) is -2.45. The number of hydrogen-bond acceptors (Lipinski definition) is 13. The van der Waals surface area contributed by atoms with Crippen LogP contribution in [0.1, 0.15) is 32.9 Å². The molecule has 0 saturated carbocycles. The maximum absolute atomic E-state index is 13.0. The van der Waals surface area contributed by atoms with Crippen LogP contribution in [0.5, 0.6) is 0 Å². The van der Waals surface area contributed by atoms with Crippen LogP contribution in [0.4, 0.5) is 5.13 Å². The third kappa shape index (κ3) is 5.47. The summed E-state index contributed by atoms with van der Waals surface area (Å²) in [6, 6.07) is -0.995.